The zero-order valence-electron chi connectivity index (χ0n) is 16.3. The number of hydrogen-bond acceptors (Lipinski definition) is 6. The molecule has 1 aliphatic rings. The monoisotopic (exact) mass is 399 g/mol. The summed E-state index contributed by atoms with van der Waals surface area (Å²) in [5.41, 5.74) is 9.84. The number of anilines is 1. The van der Waals surface area contributed by atoms with Gasteiger partial charge in [-0.05, 0) is 17.7 Å². The van der Waals surface area contributed by atoms with Gasteiger partial charge in [-0.25, -0.2) is 15.0 Å². The second kappa shape index (κ2) is 7.57. The number of pyridine rings is 1. The van der Waals surface area contributed by atoms with Crippen LogP contribution in [0.1, 0.15) is 27.2 Å². The molecule has 150 valence electrons. The highest BCUT2D eigenvalue weighted by atomic mass is 16.1. The molecule has 4 aromatic rings. The number of nitrogens with zero attached hydrogens (tertiary/aromatic N) is 4. The fourth-order valence-electron chi connectivity index (χ4n) is 3.77. The average molecular weight is 399 g/mol. The Morgan fingerprint density at radius 1 is 1.17 bits per heavy atom. The predicted molar refractivity (Wildman–Crippen MR) is 114 cm³/mol. The van der Waals surface area contributed by atoms with Gasteiger partial charge in [0.05, 0.1) is 23.0 Å². The Labute approximate surface area is 173 Å². The number of benzene rings is 1. The molecule has 0 bridgehead atoms. The number of nitrogens with two attached hydrogens (primary N) is 1. The number of nitrogens with one attached hydrogen (secondary N) is 2. The van der Waals surface area contributed by atoms with Gasteiger partial charge in [0, 0.05) is 37.8 Å². The number of primary amides is 1. The van der Waals surface area contributed by atoms with Crippen LogP contribution < -0.4 is 16.4 Å². The first-order valence-corrected chi connectivity index (χ1v) is 9.85. The van der Waals surface area contributed by atoms with Gasteiger partial charge in [0.1, 0.15) is 5.82 Å². The Bertz CT molecular complexity index is 1230. The van der Waals surface area contributed by atoms with Gasteiger partial charge >= 0.3 is 0 Å². The first-order chi connectivity index (χ1) is 14.7. The maximum atomic E-state index is 11.8. The summed E-state index contributed by atoms with van der Waals surface area (Å²) in [6, 6.07) is 13.7. The normalized spacial score (nSPS) is 13.2. The van der Waals surface area contributed by atoms with Crippen molar-refractivity contribution in [3.05, 3.63) is 77.2 Å². The molecule has 8 heteroatoms. The molecule has 0 aliphatic carbocycles. The standard InChI is InChI=1S/C22H21N7O/c23-19(30)15-7-4-10-29-18(15)13-26-22(29)21-27-17-8-9-24-12-16(17)20(28-21)25-11-14-5-2-1-3-6-14/h1-7,10,13,24H,8-9,11-12H2,(H2,23,30)(H,25,27,28). The summed E-state index contributed by atoms with van der Waals surface area (Å²) in [4.78, 5) is 25.9. The molecule has 0 unspecified atom stereocenters. The molecule has 1 aromatic carbocycles. The minimum Gasteiger partial charge on any atom is -0.366 e. The number of rotatable bonds is 5. The molecule has 0 saturated carbocycles. The van der Waals surface area contributed by atoms with Crippen LogP contribution in [0.2, 0.25) is 0 Å². The molecule has 0 spiro atoms. The van der Waals surface area contributed by atoms with Gasteiger partial charge in [0.25, 0.3) is 5.91 Å². The quantitative estimate of drug-likeness (QED) is 0.474. The Morgan fingerprint density at radius 3 is 2.87 bits per heavy atom. The number of hydrogen-bond donors (Lipinski definition) is 3. The topological polar surface area (TPSA) is 110 Å². The van der Waals surface area contributed by atoms with E-state index in [9.17, 15) is 4.79 Å². The van der Waals surface area contributed by atoms with E-state index in [1.54, 1.807) is 18.3 Å². The van der Waals surface area contributed by atoms with E-state index in [2.05, 4.69) is 27.8 Å². The van der Waals surface area contributed by atoms with E-state index in [1.165, 1.54) is 5.56 Å². The van der Waals surface area contributed by atoms with Crippen LogP contribution in [0.25, 0.3) is 17.2 Å². The van der Waals surface area contributed by atoms with E-state index < -0.39 is 5.91 Å². The summed E-state index contributed by atoms with van der Waals surface area (Å²) in [7, 11) is 0. The molecule has 4 heterocycles. The highest BCUT2D eigenvalue weighted by Gasteiger charge is 2.21. The van der Waals surface area contributed by atoms with E-state index >= 15 is 0 Å². The lowest BCUT2D eigenvalue weighted by Crippen LogP contribution is -2.26. The largest absolute Gasteiger partial charge is 0.366 e. The highest BCUT2D eigenvalue weighted by Crippen LogP contribution is 2.26. The maximum Gasteiger partial charge on any atom is 0.250 e. The van der Waals surface area contributed by atoms with Crippen molar-refractivity contribution in [2.45, 2.75) is 19.5 Å². The minimum atomic E-state index is -0.491. The van der Waals surface area contributed by atoms with E-state index in [1.807, 2.05) is 28.8 Å². The lowest BCUT2D eigenvalue weighted by atomic mass is 10.1. The van der Waals surface area contributed by atoms with E-state index in [4.69, 9.17) is 15.7 Å². The first kappa shape index (κ1) is 18.3. The summed E-state index contributed by atoms with van der Waals surface area (Å²) >= 11 is 0. The zero-order valence-corrected chi connectivity index (χ0v) is 16.3. The molecular weight excluding hydrogens is 378 g/mol. The van der Waals surface area contributed by atoms with Crippen LogP contribution in [0, 0.1) is 0 Å². The van der Waals surface area contributed by atoms with Crippen molar-refractivity contribution in [2.75, 3.05) is 11.9 Å². The van der Waals surface area contributed by atoms with Crippen molar-refractivity contribution >= 4 is 17.2 Å². The lowest BCUT2D eigenvalue weighted by Gasteiger charge is -2.20. The third-order valence-corrected chi connectivity index (χ3v) is 5.27. The second-order valence-electron chi connectivity index (χ2n) is 7.21. The molecule has 0 fully saturated rings. The lowest BCUT2D eigenvalue weighted by molar-refractivity contribution is 0.100. The van der Waals surface area contributed by atoms with E-state index in [0.29, 0.717) is 29.3 Å². The number of carbonyl (C=O) groups is 1. The Balaban J connectivity index is 1.58. The van der Waals surface area contributed by atoms with Crippen molar-refractivity contribution in [1.82, 2.24) is 24.7 Å². The van der Waals surface area contributed by atoms with Gasteiger partial charge in [-0.2, -0.15) is 0 Å². The van der Waals surface area contributed by atoms with Crippen molar-refractivity contribution in [3.8, 4) is 11.6 Å². The molecular formula is C22H21N7O. The smallest absolute Gasteiger partial charge is 0.250 e. The fraction of sp³-hybridized carbons (Fsp3) is 0.182. The van der Waals surface area contributed by atoms with Crippen LogP contribution in [0.15, 0.2) is 54.9 Å². The summed E-state index contributed by atoms with van der Waals surface area (Å²) in [6.07, 6.45) is 4.29. The van der Waals surface area contributed by atoms with Crippen LogP contribution in [-0.2, 0) is 19.5 Å². The number of imidazole rings is 1. The molecule has 1 amide bonds. The Kier molecular flexibility index (Phi) is 4.61. The van der Waals surface area contributed by atoms with Crippen LogP contribution in [0.5, 0.6) is 0 Å². The Morgan fingerprint density at radius 2 is 2.03 bits per heavy atom. The summed E-state index contributed by atoms with van der Waals surface area (Å²) in [6.45, 7) is 2.26. The summed E-state index contributed by atoms with van der Waals surface area (Å²) < 4.78 is 1.81. The zero-order chi connectivity index (χ0) is 20.5. The van der Waals surface area contributed by atoms with Gasteiger partial charge in [-0.1, -0.05) is 30.3 Å². The molecule has 5 rings (SSSR count). The van der Waals surface area contributed by atoms with Crippen molar-refractivity contribution in [1.29, 1.82) is 0 Å². The van der Waals surface area contributed by atoms with Crippen LogP contribution in [0.4, 0.5) is 5.82 Å². The van der Waals surface area contributed by atoms with Gasteiger partial charge in [-0.3, -0.25) is 9.20 Å². The number of fused-ring (bicyclic) bond motifs is 2. The maximum absolute atomic E-state index is 11.8. The van der Waals surface area contributed by atoms with Crippen molar-refractivity contribution in [2.24, 2.45) is 5.73 Å². The van der Waals surface area contributed by atoms with Crippen molar-refractivity contribution in [3.63, 3.8) is 0 Å². The van der Waals surface area contributed by atoms with Gasteiger partial charge in [0.2, 0.25) is 0 Å². The molecule has 4 N–H and O–H groups in total. The fourth-order valence-corrected chi connectivity index (χ4v) is 3.77. The predicted octanol–water partition coefficient (Wildman–Crippen LogP) is 2.15. The number of amides is 1. The van der Waals surface area contributed by atoms with Gasteiger partial charge in [-0.15, -0.1) is 0 Å². The van der Waals surface area contributed by atoms with E-state index in [-0.39, 0.29) is 0 Å². The third kappa shape index (κ3) is 3.27. The Hall–Kier alpha value is -3.78. The highest BCUT2D eigenvalue weighted by molar-refractivity contribution is 5.99. The summed E-state index contributed by atoms with van der Waals surface area (Å²) in [5.74, 6) is 1.41. The first-order valence-electron chi connectivity index (χ1n) is 9.85. The molecule has 0 radical (unpaired) electrons. The van der Waals surface area contributed by atoms with Gasteiger partial charge < -0.3 is 16.4 Å². The molecule has 30 heavy (non-hydrogen) atoms. The van der Waals surface area contributed by atoms with Crippen LogP contribution >= 0.6 is 0 Å². The molecule has 0 atom stereocenters. The van der Waals surface area contributed by atoms with Crippen LogP contribution in [0.3, 0.4) is 0 Å². The number of aromatic nitrogens is 4. The average Bonchev–Trinajstić information content (AvgIpc) is 3.22. The molecule has 8 nitrogen and oxygen atoms in total. The summed E-state index contributed by atoms with van der Waals surface area (Å²) in [5, 5.41) is 6.86. The molecule has 3 aromatic heterocycles. The van der Waals surface area contributed by atoms with Crippen molar-refractivity contribution < 1.29 is 4.79 Å². The third-order valence-electron chi connectivity index (χ3n) is 5.27. The number of carbonyl (C=O) groups excluding carboxylic acids is 1. The molecule has 0 saturated heterocycles. The van der Waals surface area contributed by atoms with Gasteiger partial charge in [0.15, 0.2) is 11.6 Å². The molecule has 1 aliphatic heterocycles. The van der Waals surface area contributed by atoms with Crippen LogP contribution in [-0.4, -0.2) is 31.8 Å². The van der Waals surface area contributed by atoms with E-state index in [0.717, 1.165) is 36.6 Å². The minimum absolute atomic E-state index is 0.417. The second-order valence-corrected chi connectivity index (χ2v) is 7.21. The SMILES string of the molecule is NC(=O)c1cccn2c(-c3nc4c(c(NCc5ccccc5)n3)CNCC4)ncc12.